The van der Waals surface area contributed by atoms with Gasteiger partial charge in [-0.15, -0.1) is 0 Å². The van der Waals surface area contributed by atoms with Gasteiger partial charge < -0.3 is 20.3 Å². The topological polar surface area (TPSA) is 52.1 Å². The van der Waals surface area contributed by atoms with Crippen molar-refractivity contribution in [3.8, 4) is 0 Å². The second-order valence-corrected chi connectivity index (χ2v) is 8.08. The van der Waals surface area contributed by atoms with Crippen LogP contribution in [0.3, 0.4) is 0 Å². The molecule has 1 aliphatic rings. The fourth-order valence-electron chi connectivity index (χ4n) is 3.76. The standard InChI is InChI=1S/C24H34FN5O/c1-26-24(27-16-19-4-6-20(7-5-19)18-29(2)3)28-17-23(30-12-14-31-15-13-30)21-8-10-22(25)11-9-21/h4-11,23H,12-18H2,1-3H3,(H2,26,27,28). The van der Waals surface area contributed by atoms with Crippen LogP contribution in [0.2, 0.25) is 0 Å². The van der Waals surface area contributed by atoms with E-state index >= 15 is 0 Å². The highest BCUT2D eigenvalue weighted by molar-refractivity contribution is 5.79. The van der Waals surface area contributed by atoms with E-state index in [-0.39, 0.29) is 11.9 Å². The molecule has 31 heavy (non-hydrogen) atoms. The SMILES string of the molecule is CN=C(NCc1ccc(CN(C)C)cc1)NCC(c1ccc(F)cc1)N1CCOCC1. The second-order valence-electron chi connectivity index (χ2n) is 8.08. The molecule has 0 aromatic heterocycles. The number of benzene rings is 2. The van der Waals surface area contributed by atoms with Crippen molar-refractivity contribution < 1.29 is 9.13 Å². The molecule has 0 amide bonds. The van der Waals surface area contributed by atoms with Gasteiger partial charge in [0.05, 0.1) is 19.3 Å². The molecule has 1 atom stereocenters. The fourth-order valence-corrected chi connectivity index (χ4v) is 3.76. The van der Waals surface area contributed by atoms with E-state index < -0.39 is 0 Å². The van der Waals surface area contributed by atoms with Gasteiger partial charge in [0.15, 0.2) is 5.96 Å². The lowest BCUT2D eigenvalue weighted by Crippen LogP contribution is -2.46. The number of guanidine groups is 1. The van der Waals surface area contributed by atoms with Crippen LogP contribution in [0.5, 0.6) is 0 Å². The molecule has 1 heterocycles. The highest BCUT2D eigenvalue weighted by atomic mass is 19.1. The van der Waals surface area contributed by atoms with E-state index in [9.17, 15) is 4.39 Å². The van der Waals surface area contributed by atoms with Crippen LogP contribution >= 0.6 is 0 Å². The van der Waals surface area contributed by atoms with Gasteiger partial charge in [-0.3, -0.25) is 9.89 Å². The van der Waals surface area contributed by atoms with Crippen LogP contribution in [0.15, 0.2) is 53.5 Å². The smallest absolute Gasteiger partial charge is 0.191 e. The predicted molar refractivity (Wildman–Crippen MR) is 124 cm³/mol. The van der Waals surface area contributed by atoms with Crippen molar-refractivity contribution in [2.75, 3.05) is 54.0 Å². The maximum Gasteiger partial charge on any atom is 0.191 e. The Kier molecular flexibility index (Phi) is 8.82. The minimum absolute atomic E-state index is 0.119. The molecule has 0 spiro atoms. The zero-order chi connectivity index (χ0) is 22.1. The maximum absolute atomic E-state index is 13.4. The van der Waals surface area contributed by atoms with Gasteiger partial charge in [-0.2, -0.15) is 0 Å². The molecule has 2 aromatic carbocycles. The number of morpholine rings is 1. The van der Waals surface area contributed by atoms with Crippen LogP contribution in [0.4, 0.5) is 4.39 Å². The Balaban J connectivity index is 1.58. The summed E-state index contributed by atoms with van der Waals surface area (Å²) >= 11 is 0. The lowest BCUT2D eigenvalue weighted by molar-refractivity contribution is 0.0170. The van der Waals surface area contributed by atoms with Gasteiger partial charge in [0.1, 0.15) is 5.82 Å². The largest absolute Gasteiger partial charge is 0.379 e. The maximum atomic E-state index is 13.4. The van der Waals surface area contributed by atoms with Gasteiger partial charge in [-0.1, -0.05) is 36.4 Å². The molecular formula is C24H34FN5O. The summed E-state index contributed by atoms with van der Waals surface area (Å²) in [6, 6.07) is 15.5. The van der Waals surface area contributed by atoms with Crippen molar-refractivity contribution in [1.29, 1.82) is 0 Å². The van der Waals surface area contributed by atoms with Crippen molar-refractivity contribution in [1.82, 2.24) is 20.4 Å². The number of ether oxygens (including phenoxy) is 1. The van der Waals surface area contributed by atoms with Gasteiger partial charge in [-0.25, -0.2) is 4.39 Å². The van der Waals surface area contributed by atoms with E-state index in [0.29, 0.717) is 26.3 Å². The Morgan fingerprint density at radius 3 is 2.29 bits per heavy atom. The molecule has 1 fully saturated rings. The third-order valence-electron chi connectivity index (χ3n) is 5.41. The van der Waals surface area contributed by atoms with Crippen molar-refractivity contribution in [2.24, 2.45) is 4.99 Å². The monoisotopic (exact) mass is 427 g/mol. The third-order valence-corrected chi connectivity index (χ3v) is 5.41. The van der Waals surface area contributed by atoms with E-state index in [4.69, 9.17) is 4.74 Å². The Bertz CT molecular complexity index is 817. The molecule has 0 saturated carbocycles. The number of nitrogens with one attached hydrogen (secondary N) is 2. The van der Waals surface area contributed by atoms with Crippen molar-refractivity contribution in [2.45, 2.75) is 19.1 Å². The lowest BCUT2D eigenvalue weighted by atomic mass is 10.0. The normalized spacial score (nSPS) is 16.4. The highest BCUT2D eigenvalue weighted by Gasteiger charge is 2.23. The molecule has 7 heteroatoms. The van der Waals surface area contributed by atoms with Crippen molar-refractivity contribution in [3.05, 3.63) is 71.0 Å². The van der Waals surface area contributed by atoms with Crippen LogP contribution in [0.1, 0.15) is 22.7 Å². The zero-order valence-corrected chi connectivity index (χ0v) is 18.8. The molecule has 0 radical (unpaired) electrons. The lowest BCUT2D eigenvalue weighted by Gasteiger charge is -2.35. The minimum Gasteiger partial charge on any atom is -0.379 e. The summed E-state index contributed by atoms with van der Waals surface area (Å²) in [5.74, 6) is 0.532. The molecule has 0 aliphatic carbocycles. The summed E-state index contributed by atoms with van der Waals surface area (Å²) in [5.41, 5.74) is 3.58. The van der Waals surface area contributed by atoms with Gasteiger partial charge in [-0.05, 0) is 42.9 Å². The predicted octanol–water partition coefficient (Wildman–Crippen LogP) is 2.63. The van der Waals surface area contributed by atoms with Crippen LogP contribution in [0.25, 0.3) is 0 Å². The summed E-state index contributed by atoms with van der Waals surface area (Å²) < 4.78 is 18.9. The van der Waals surface area contributed by atoms with E-state index in [2.05, 4.69) is 63.8 Å². The van der Waals surface area contributed by atoms with Gasteiger partial charge in [0.25, 0.3) is 0 Å². The minimum atomic E-state index is -0.216. The van der Waals surface area contributed by atoms with E-state index in [1.54, 1.807) is 7.05 Å². The molecule has 168 valence electrons. The van der Waals surface area contributed by atoms with E-state index in [1.807, 2.05) is 12.1 Å². The Hall–Kier alpha value is -2.48. The van der Waals surface area contributed by atoms with Crippen LogP contribution in [-0.2, 0) is 17.8 Å². The van der Waals surface area contributed by atoms with Gasteiger partial charge >= 0.3 is 0 Å². The number of halogens is 1. The number of hydrogen-bond donors (Lipinski definition) is 2. The molecule has 2 aromatic rings. The Morgan fingerprint density at radius 2 is 1.68 bits per heavy atom. The zero-order valence-electron chi connectivity index (χ0n) is 18.8. The molecule has 1 aliphatic heterocycles. The average molecular weight is 428 g/mol. The first kappa shape index (κ1) is 23.2. The molecule has 6 nitrogen and oxygen atoms in total. The summed E-state index contributed by atoms with van der Waals surface area (Å²) in [6.45, 7) is 5.45. The summed E-state index contributed by atoms with van der Waals surface area (Å²) in [5, 5.41) is 6.83. The Labute approximate surface area is 185 Å². The number of nitrogens with zero attached hydrogens (tertiary/aromatic N) is 3. The first-order chi connectivity index (χ1) is 15.0. The third kappa shape index (κ3) is 7.31. The molecule has 2 N–H and O–H groups in total. The molecule has 1 saturated heterocycles. The Morgan fingerprint density at radius 1 is 1.03 bits per heavy atom. The molecular weight excluding hydrogens is 393 g/mol. The summed E-state index contributed by atoms with van der Waals surface area (Å²) in [4.78, 5) is 8.90. The van der Waals surface area contributed by atoms with Crippen LogP contribution < -0.4 is 10.6 Å². The fraction of sp³-hybridized carbons (Fsp3) is 0.458. The van der Waals surface area contributed by atoms with Gasteiger partial charge in [0.2, 0.25) is 0 Å². The second kappa shape index (κ2) is 11.8. The highest BCUT2D eigenvalue weighted by Crippen LogP contribution is 2.21. The molecule has 3 rings (SSSR count). The summed E-state index contributed by atoms with van der Waals surface area (Å²) in [7, 11) is 5.92. The number of hydrogen-bond acceptors (Lipinski definition) is 4. The number of aliphatic imine (C=N–C) groups is 1. The first-order valence-electron chi connectivity index (χ1n) is 10.8. The number of rotatable bonds is 8. The van der Waals surface area contributed by atoms with Crippen LogP contribution in [-0.4, -0.2) is 69.8 Å². The average Bonchev–Trinajstić information content (AvgIpc) is 2.78. The first-order valence-corrected chi connectivity index (χ1v) is 10.8. The summed E-state index contributed by atoms with van der Waals surface area (Å²) in [6.07, 6.45) is 0. The quantitative estimate of drug-likeness (QED) is 0.501. The molecule has 1 unspecified atom stereocenters. The van der Waals surface area contributed by atoms with Crippen molar-refractivity contribution in [3.63, 3.8) is 0 Å². The van der Waals surface area contributed by atoms with Crippen molar-refractivity contribution >= 4 is 5.96 Å². The van der Waals surface area contributed by atoms with E-state index in [1.165, 1.54) is 23.3 Å². The molecule has 0 bridgehead atoms. The van der Waals surface area contributed by atoms with E-state index in [0.717, 1.165) is 31.2 Å². The van der Waals surface area contributed by atoms with Gasteiger partial charge in [0, 0.05) is 39.8 Å². The van der Waals surface area contributed by atoms with Crippen LogP contribution in [0, 0.1) is 5.82 Å².